The van der Waals surface area contributed by atoms with E-state index in [1.807, 2.05) is 6.07 Å². The van der Waals surface area contributed by atoms with E-state index in [-0.39, 0.29) is 37.7 Å². The predicted molar refractivity (Wildman–Crippen MR) is 82.9 cm³/mol. The van der Waals surface area contributed by atoms with Crippen LogP contribution in [0.2, 0.25) is 0 Å². The minimum Gasteiger partial charge on any atom is -0.481 e. The standard InChI is InChI=1S/C18H20FNO4/c19-14-12(6-5-11-3-1-2-4-13(11)14)7-20-15(21)18-8-17(9-18,10-24-18)16(22)23/h5-6H,1-4,7-10H2,(H,20,21)(H,22,23). The number of aryl methyl sites for hydroxylation is 1. The fourth-order valence-corrected chi connectivity index (χ4v) is 4.27. The summed E-state index contributed by atoms with van der Waals surface area (Å²) in [6, 6.07) is 3.68. The Morgan fingerprint density at radius 3 is 2.71 bits per heavy atom. The lowest BCUT2D eigenvalue weighted by Crippen LogP contribution is -2.57. The molecule has 1 aromatic carbocycles. The molecule has 0 atom stereocenters. The van der Waals surface area contributed by atoms with Gasteiger partial charge in [0.1, 0.15) is 11.4 Å². The van der Waals surface area contributed by atoms with Crippen molar-refractivity contribution < 1.29 is 23.8 Å². The van der Waals surface area contributed by atoms with Gasteiger partial charge in [-0.15, -0.1) is 0 Å². The third kappa shape index (κ3) is 2.16. The number of hydrogen-bond acceptors (Lipinski definition) is 3. The van der Waals surface area contributed by atoms with Gasteiger partial charge in [-0.05, 0) is 36.8 Å². The third-order valence-corrected chi connectivity index (χ3v) is 5.72. The number of aliphatic carboxylic acids is 1. The number of carboxylic acid groups (broad SMARTS) is 1. The summed E-state index contributed by atoms with van der Waals surface area (Å²) in [5, 5.41) is 11.9. The number of fused-ring (bicyclic) bond motifs is 2. The van der Waals surface area contributed by atoms with Gasteiger partial charge in [0.05, 0.1) is 12.0 Å². The normalized spacial score (nSPS) is 30.4. The molecule has 5 rings (SSSR count). The summed E-state index contributed by atoms with van der Waals surface area (Å²) >= 11 is 0. The van der Waals surface area contributed by atoms with Gasteiger partial charge in [0.15, 0.2) is 0 Å². The number of benzene rings is 1. The Morgan fingerprint density at radius 2 is 2.00 bits per heavy atom. The van der Waals surface area contributed by atoms with Gasteiger partial charge in [0.25, 0.3) is 5.91 Å². The molecule has 2 aliphatic heterocycles. The highest BCUT2D eigenvalue weighted by Crippen LogP contribution is 2.58. The summed E-state index contributed by atoms with van der Waals surface area (Å²) in [6.07, 6.45) is 4.15. The zero-order chi connectivity index (χ0) is 16.9. The summed E-state index contributed by atoms with van der Waals surface area (Å²) in [5.74, 6) is -1.47. The Balaban J connectivity index is 1.43. The molecule has 1 saturated carbocycles. The minimum absolute atomic E-state index is 0.0724. The molecule has 2 bridgehead atoms. The van der Waals surface area contributed by atoms with Crippen LogP contribution < -0.4 is 5.32 Å². The number of hydrogen-bond donors (Lipinski definition) is 2. The first-order valence-electron chi connectivity index (χ1n) is 8.41. The quantitative estimate of drug-likeness (QED) is 0.883. The third-order valence-electron chi connectivity index (χ3n) is 5.72. The van der Waals surface area contributed by atoms with E-state index in [0.717, 1.165) is 36.8 Å². The second-order valence-corrected chi connectivity index (χ2v) is 7.29. The molecule has 24 heavy (non-hydrogen) atoms. The molecule has 1 aromatic rings. The Kier molecular flexibility index (Phi) is 3.42. The number of halogens is 1. The maximum Gasteiger partial charge on any atom is 0.312 e. The number of carbonyl (C=O) groups excluding carboxylic acids is 1. The van der Waals surface area contributed by atoms with Crippen molar-refractivity contribution in [2.75, 3.05) is 6.61 Å². The van der Waals surface area contributed by atoms with Gasteiger partial charge in [-0.2, -0.15) is 0 Å². The largest absolute Gasteiger partial charge is 0.481 e. The molecule has 0 aromatic heterocycles. The lowest BCUT2D eigenvalue weighted by atomic mass is 9.62. The molecular formula is C18H20FNO4. The molecule has 0 unspecified atom stereocenters. The van der Waals surface area contributed by atoms with Crippen molar-refractivity contribution in [3.05, 3.63) is 34.6 Å². The zero-order valence-electron chi connectivity index (χ0n) is 13.4. The molecule has 5 nitrogen and oxygen atoms in total. The van der Waals surface area contributed by atoms with Gasteiger partial charge in [-0.1, -0.05) is 12.1 Å². The van der Waals surface area contributed by atoms with E-state index in [2.05, 4.69) is 5.32 Å². The van der Waals surface area contributed by atoms with Crippen molar-refractivity contribution in [3.8, 4) is 0 Å². The monoisotopic (exact) mass is 333 g/mol. The maximum absolute atomic E-state index is 14.6. The van der Waals surface area contributed by atoms with Crippen LogP contribution in [0, 0.1) is 11.2 Å². The molecule has 128 valence electrons. The van der Waals surface area contributed by atoms with Crippen LogP contribution in [-0.4, -0.2) is 29.2 Å². The summed E-state index contributed by atoms with van der Waals surface area (Å²) < 4.78 is 20.1. The second-order valence-electron chi connectivity index (χ2n) is 7.29. The second kappa shape index (κ2) is 5.28. The Bertz CT molecular complexity index is 724. The Labute approximate surface area is 139 Å². The number of carboxylic acids is 1. The van der Waals surface area contributed by atoms with Gasteiger partial charge in [-0.25, -0.2) is 4.39 Å². The maximum atomic E-state index is 14.6. The van der Waals surface area contributed by atoms with Crippen LogP contribution in [0.15, 0.2) is 12.1 Å². The molecule has 0 spiro atoms. The summed E-state index contributed by atoms with van der Waals surface area (Å²) in [5.41, 5.74) is 0.369. The van der Waals surface area contributed by atoms with Crippen molar-refractivity contribution >= 4 is 11.9 Å². The van der Waals surface area contributed by atoms with E-state index < -0.39 is 17.0 Å². The summed E-state index contributed by atoms with van der Waals surface area (Å²) in [4.78, 5) is 23.6. The van der Waals surface area contributed by atoms with Crippen LogP contribution in [0.5, 0.6) is 0 Å². The van der Waals surface area contributed by atoms with Crippen LogP contribution in [0.3, 0.4) is 0 Å². The average Bonchev–Trinajstić information content (AvgIpc) is 3.12. The molecule has 2 aliphatic carbocycles. The number of ether oxygens (including phenoxy) is 1. The van der Waals surface area contributed by atoms with Crippen molar-refractivity contribution in [1.29, 1.82) is 0 Å². The molecule has 4 aliphatic rings. The van der Waals surface area contributed by atoms with Gasteiger partial charge in [-0.3, -0.25) is 9.59 Å². The molecule has 2 heterocycles. The Hall–Kier alpha value is -1.95. The minimum atomic E-state index is -1.04. The van der Waals surface area contributed by atoms with E-state index >= 15 is 0 Å². The lowest BCUT2D eigenvalue weighted by Gasteiger charge is -2.40. The molecule has 0 radical (unpaired) electrons. The van der Waals surface area contributed by atoms with Gasteiger partial charge >= 0.3 is 5.97 Å². The molecule has 3 fully saturated rings. The number of nitrogens with one attached hydrogen (secondary N) is 1. The molecular weight excluding hydrogens is 313 g/mol. The van der Waals surface area contributed by atoms with Crippen molar-refractivity contribution in [3.63, 3.8) is 0 Å². The van der Waals surface area contributed by atoms with Crippen LogP contribution in [-0.2, 0) is 33.7 Å². The summed E-state index contributed by atoms with van der Waals surface area (Å²) in [7, 11) is 0. The highest BCUT2D eigenvalue weighted by atomic mass is 19.1. The van der Waals surface area contributed by atoms with Crippen LogP contribution in [0.4, 0.5) is 4.39 Å². The van der Waals surface area contributed by atoms with Gasteiger partial charge in [0, 0.05) is 24.9 Å². The van der Waals surface area contributed by atoms with Crippen molar-refractivity contribution in [2.24, 2.45) is 5.41 Å². The summed E-state index contributed by atoms with van der Waals surface area (Å²) in [6.45, 7) is 0.173. The van der Waals surface area contributed by atoms with E-state index in [1.165, 1.54) is 0 Å². The smallest absolute Gasteiger partial charge is 0.312 e. The predicted octanol–water partition coefficient (Wildman–Crippen LogP) is 1.95. The highest BCUT2D eigenvalue weighted by Gasteiger charge is 2.70. The fourth-order valence-electron chi connectivity index (χ4n) is 4.27. The topological polar surface area (TPSA) is 75.6 Å². The van der Waals surface area contributed by atoms with Crippen LogP contribution in [0.1, 0.15) is 42.4 Å². The highest BCUT2D eigenvalue weighted by molar-refractivity contribution is 5.92. The van der Waals surface area contributed by atoms with Gasteiger partial charge < -0.3 is 15.2 Å². The molecule has 1 amide bonds. The van der Waals surface area contributed by atoms with Gasteiger partial charge in [0.2, 0.25) is 0 Å². The first-order valence-corrected chi connectivity index (χ1v) is 8.41. The van der Waals surface area contributed by atoms with E-state index in [0.29, 0.717) is 5.56 Å². The SMILES string of the molecule is O=C(O)C12COC(C(=O)NCc3ccc4c(c3F)CCCC4)(C1)C2. The molecule has 2 saturated heterocycles. The van der Waals surface area contributed by atoms with Crippen molar-refractivity contribution in [2.45, 2.75) is 50.7 Å². The van der Waals surface area contributed by atoms with E-state index in [1.54, 1.807) is 6.07 Å². The van der Waals surface area contributed by atoms with Crippen LogP contribution >= 0.6 is 0 Å². The number of rotatable bonds is 4. The fraction of sp³-hybridized carbons (Fsp3) is 0.556. The first-order chi connectivity index (χ1) is 11.5. The Morgan fingerprint density at radius 1 is 1.25 bits per heavy atom. The number of amides is 1. The van der Waals surface area contributed by atoms with Crippen LogP contribution in [0.25, 0.3) is 0 Å². The average molecular weight is 333 g/mol. The van der Waals surface area contributed by atoms with E-state index in [9.17, 15) is 19.1 Å². The van der Waals surface area contributed by atoms with Crippen molar-refractivity contribution in [1.82, 2.24) is 5.32 Å². The number of carbonyl (C=O) groups is 2. The first kappa shape index (κ1) is 15.6. The molecule has 2 N–H and O–H groups in total. The molecule has 6 heteroatoms. The zero-order valence-corrected chi connectivity index (χ0v) is 13.4. The van der Waals surface area contributed by atoms with E-state index in [4.69, 9.17) is 4.74 Å². The lowest BCUT2D eigenvalue weighted by molar-refractivity contribution is -0.158.